The normalized spacial score (nSPS) is 12.0. The van der Waals surface area contributed by atoms with Crippen LogP contribution in [-0.4, -0.2) is 22.5 Å². The van der Waals surface area contributed by atoms with E-state index in [4.69, 9.17) is 10.5 Å². The smallest absolute Gasteiger partial charge is 0.340 e. The zero-order valence-electron chi connectivity index (χ0n) is 12.6. The first-order chi connectivity index (χ1) is 10.3. The summed E-state index contributed by atoms with van der Waals surface area (Å²) in [6, 6.07) is 7.60. The molecule has 0 spiro atoms. The molecule has 0 saturated heterocycles. The molecule has 1 aromatic carbocycles. The second-order valence-corrected chi connectivity index (χ2v) is 5.05. The van der Waals surface area contributed by atoms with Crippen LogP contribution in [0.15, 0.2) is 30.3 Å². The summed E-state index contributed by atoms with van der Waals surface area (Å²) in [6.45, 7) is 4.99. The number of ether oxygens (including phenoxy) is 1. The third-order valence-electron chi connectivity index (χ3n) is 3.42. The van der Waals surface area contributed by atoms with Gasteiger partial charge in [-0.1, -0.05) is 0 Å². The van der Waals surface area contributed by atoms with E-state index in [1.807, 2.05) is 11.5 Å². The highest BCUT2D eigenvalue weighted by Crippen LogP contribution is 2.22. The quantitative estimate of drug-likeness (QED) is 0.880. The van der Waals surface area contributed by atoms with Crippen molar-refractivity contribution < 1.29 is 18.7 Å². The van der Waals surface area contributed by atoms with Crippen molar-refractivity contribution >= 4 is 11.9 Å². The summed E-state index contributed by atoms with van der Waals surface area (Å²) in [5.74, 6) is -1.66. The fourth-order valence-electron chi connectivity index (χ4n) is 2.24. The van der Waals surface area contributed by atoms with Crippen LogP contribution in [0.2, 0.25) is 0 Å². The molecule has 2 N–H and O–H groups in total. The highest BCUT2D eigenvalue weighted by molar-refractivity contribution is 5.93. The number of nitrogens with zero attached hydrogens (tertiary/aromatic N) is 1. The van der Waals surface area contributed by atoms with E-state index < -0.39 is 18.0 Å². The third-order valence-corrected chi connectivity index (χ3v) is 3.42. The molecule has 1 atom stereocenters. The highest BCUT2D eigenvalue weighted by Gasteiger charge is 2.21. The minimum absolute atomic E-state index is 0.332. The number of primary amides is 1. The number of carbonyl (C=O) groups is 2. The lowest BCUT2D eigenvalue weighted by Gasteiger charge is -2.11. The number of halogens is 1. The van der Waals surface area contributed by atoms with Gasteiger partial charge in [-0.2, -0.15) is 0 Å². The molecule has 1 amide bonds. The van der Waals surface area contributed by atoms with Crippen LogP contribution in [0.4, 0.5) is 4.39 Å². The van der Waals surface area contributed by atoms with E-state index in [9.17, 15) is 14.0 Å². The molecule has 2 aromatic rings. The number of hydrogen-bond acceptors (Lipinski definition) is 3. The molecule has 1 aromatic heterocycles. The van der Waals surface area contributed by atoms with E-state index in [2.05, 4.69) is 0 Å². The van der Waals surface area contributed by atoms with Gasteiger partial charge in [0.15, 0.2) is 6.10 Å². The highest BCUT2D eigenvalue weighted by atomic mass is 19.1. The molecule has 0 aliphatic carbocycles. The summed E-state index contributed by atoms with van der Waals surface area (Å²) in [4.78, 5) is 23.1. The first-order valence-electron chi connectivity index (χ1n) is 6.76. The van der Waals surface area contributed by atoms with Crippen LogP contribution in [0.25, 0.3) is 5.69 Å². The molecule has 0 aliphatic heterocycles. The fraction of sp³-hybridized carbons (Fsp3) is 0.250. The average Bonchev–Trinajstić information content (AvgIpc) is 2.75. The van der Waals surface area contributed by atoms with Crippen molar-refractivity contribution in [2.45, 2.75) is 26.9 Å². The Morgan fingerprint density at radius 3 is 2.36 bits per heavy atom. The third kappa shape index (κ3) is 3.00. The molecule has 22 heavy (non-hydrogen) atoms. The fourth-order valence-corrected chi connectivity index (χ4v) is 2.24. The number of amides is 1. The average molecular weight is 304 g/mol. The molecule has 0 fully saturated rings. The van der Waals surface area contributed by atoms with Gasteiger partial charge in [0.05, 0.1) is 5.56 Å². The maximum atomic E-state index is 13.0. The Morgan fingerprint density at radius 1 is 1.23 bits per heavy atom. The number of aromatic nitrogens is 1. The van der Waals surface area contributed by atoms with Crippen LogP contribution in [0.5, 0.6) is 0 Å². The van der Waals surface area contributed by atoms with E-state index in [-0.39, 0.29) is 5.82 Å². The topological polar surface area (TPSA) is 74.3 Å². The van der Waals surface area contributed by atoms with Gasteiger partial charge in [0, 0.05) is 17.1 Å². The molecule has 2 rings (SSSR count). The van der Waals surface area contributed by atoms with Gasteiger partial charge in [0.25, 0.3) is 5.91 Å². The van der Waals surface area contributed by atoms with E-state index in [0.29, 0.717) is 11.3 Å². The molecule has 1 unspecified atom stereocenters. The van der Waals surface area contributed by atoms with E-state index >= 15 is 0 Å². The Morgan fingerprint density at radius 2 is 1.82 bits per heavy atom. The Bertz CT molecular complexity index is 720. The van der Waals surface area contributed by atoms with Crippen molar-refractivity contribution in [3.05, 3.63) is 53.1 Å². The van der Waals surface area contributed by atoms with Crippen LogP contribution >= 0.6 is 0 Å². The van der Waals surface area contributed by atoms with E-state index in [1.54, 1.807) is 25.1 Å². The Balaban J connectivity index is 2.37. The summed E-state index contributed by atoms with van der Waals surface area (Å²) in [5, 5.41) is 0. The lowest BCUT2D eigenvalue weighted by molar-refractivity contribution is -0.125. The molecule has 116 valence electrons. The van der Waals surface area contributed by atoms with Crippen LogP contribution in [-0.2, 0) is 9.53 Å². The van der Waals surface area contributed by atoms with E-state index in [1.165, 1.54) is 19.1 Å². The predicted molar refractivity (Wildman–Crippen MR) is 79.3 cm³/mol. The maximum absolute atomic E-state index is 13.0. The van der Waals surface area contributed by atoms with Gasteiger partial charge in [-0.3, -0.25) is 4.79 Å². The maximum Gasteiger partial charge on any atom is 0.340 e. The Labute approximate surface area is 127 Å². The summed E-state index contributed by atoms with van der Waals surface area (Å²) in [7, 11) is 0. The largest absolute Gasteiger partial charge is 0.449 e. The molecule has 6 heteroatoms. The summed E-state index contributed by atoms with van der Waals surface area (Å²) in [6.07, 6.45) is -0.999. The van der Waals surface area contributed by atoms with Crippen LogP contribution in [0, 0.1) is 19.7 Å². The van der Waals surface area contributed by atoms with Crippen molar-refractivity contribution in [3.63, 3.8) is 0 Å². The Kier molecular flexibility index (Phi) is 4.30. The molecule has 0 radical (unpaired) electrons. The number of carbonyl (C=O) groups excluding carboxylic acids is 2. The molecule has 0 bridgehead atoms. The minimum atomic E-state index is -0.999. The van der Waals surface area contributed by atoms with Crippen molar-refractivity contribution in [2.75, 3.05) is 0 Å². The summed E-state index contributed by atoms with van der Waals surface area (Å²) < 4.78 is 19.9. The van der Waals surface area contributed by atoms with Crippen LogP contribution in [0.3, 0.4) is 0 Å². The van der Waals surface area contributed by atoms with Crippen LogP contribution < -0.4 is 5.73 Å². The van der Waals surface area contributed by atoms with Gasteiger partial charge in [-0.25, -0.2) is 9.18 Å². The van der Waals surface area contributed by atoms with Gasteiger partial charge in [0.1, 0.15) is 5.82 Å². The SMILES string of the molecule is Cc1cc(C(=O)OC(C)C(N)=O)c(C)n1-c1ccc(F)cc1. The number of nitrogens with two attached hydrogens (primary N) is 1. The lowest BCUT2D eigenvalue weighted by atomic mass is 10.2. The van der Waals surface area contributed by atoms with Crippen molar-refractivity contribution in [1.29, 1.82) is 0 Å². The van der Waals surface area contributed by atoms with Crippen molar-refractivity contribution in [3.8, 4) is 5.69 Å². The molecular weight excluding hydrogens is 287 g/mol. The first-order valence-corrected chi connectivity index (χ1v) is 6.76. The number of rotatable bonds is 4. The number of aryl methyl sites for hydroxylation is 1. The van der Waals surface area contributed by atoms with Crippen molar-refractivity contribution in [1.82, 2.24) is 4.57 Å². The number of hydrogen-bond donors (Lipinski definition) is 1. The number of benzene rings is 1. The van der Waals surface area contributed by atoms with Crippen LogP contribution in [0.1, 0.15) is 28.7 Å². The molecular formula is C16H17FN2O3. The zero-order chi connectivity index (χ0) is 16.4. The first kappa shape index (κ1) is 15.8. The monoisotopic (exact) mass is 304 g/mol. The number of esters is 1. The van der Waals surface area contributed by atoms with Gasteiger partial charge >= 0.3 is 5.97 Å². The second kappa shape index (κ2) is 6.01. The van der Waals surface area contributed by atoms with Gasteiger partial charge in [-0.05, 0) is 51.1 Å². The van der Waals surface area contributed by atoms with Gasteiger partial charge in [0.2, 0.25) is 0 Å². The molecule has 1 heterocycles. The second-order valence-electron chi connectivity index (χ2n) is 5.05. The summed E-state index contributed by atoms with van der Waals surface area (Å²) >= 11 is 0. The minimum Gasteiger partial charge on any atom is -0.449 e. The predicted octanol–water partition coefficient (Wildman–Crippen LogP) is 2.26. The zero-order valence-corrected chi connectivity index (χ0v) is 12.6. The molecule has 0 saturated carbocycles. The van der Waals surface area contributed by atoms with Gasteiger partial charge < -0.3 is 15.0 Å². The van der Waals surface area contributed by atoms with E-state index in [0.717, 1.165) is 11.4 Å². The lowest BCUT2D eigenvalue weighted by Crippen LogP contribution is -2.30. The summed E-state index contributed by atoms with van der Waals surface area (Å²) in [5.41, 5.74) is 7.60. The standard InChI is InChI=1S/C16H17FN2O3/c1-9-8-14(16(21)22-11(3)15(18)20)10(2)19(9)13-6-4-12(17)5-7-13/h4-8,11H,1-3H3,(H2,18,20). The molecule has 5 nitrogen and oxygen atoms in total. The van der Waals surface area contributed by atoms with Crippen molar-refractivity contribution in [2.24, 2.45) is 5.73 Å². The molecule has 0 aliphatic rings. The Hall–Kier alpha value is -2.63. The van der Waals surface area contributed by atoms with Gasteiger partial charge in [-0.15, -0.1) is 0 Å².